The van der Waals surface area contributed by atoms with Crippen molar-refractivity contribution in [1.82, 2.24) is 5.32 Å². The molecule has 0 bridgehead atoms. The molecule has 5 heteroatoms. The van der Waals surface area contributed by atoms with E-state index in [1.807, 2.05) is 31.2 Å². The van der Waals surface area contributed by atoms with Crippen molar-refractivity contribution >= 4 is 28.0 Å². The van der Waals surface area contributed by atoms with Crippen LogP contribution < -0.4 is 10.7 Å². The van der Waals surface area contributed by atoms with Gasteiger partial charge in [-0.05, 0) is 30.2 Å². The van der Waals surface area contributed by atoms with Crippen LogP contribution in [0, 0.1) is 6.92 Å². The average Bonchev–Trinajstić information content (AvgIpc) is 3.05. The molecule has 0 aliphatic carbocycles. The molecule has 0 spiro atoms. The summed E-state index contributed by atoms with van der Waals surface area (Å²) >= 11 is 0. The molecule has 4 aromatic rings. The number of furan rings is 1. The van der Waals surface area contributed by atoms with Gasteiger partial charge in [-0.2, -0.15) is 0 Å². The molecule has 0 unspecified atom stereocenters. The van der Waals surface area contributed by atoms with Gasteiger partial charge in [0.1, 0.15) is 11.0 Å². The summed E-state index contributed by atoms with van der Waals surface area (Å²) in [5.74, 6) is -0.275. The van der Waals surface area contributed by atoms with E-state index in [0.717, 1.165) is 11.1 Å². The van der Waals surface area contributed by atoms with Gasteiger partial charge in [-0.3, -0.25) is 9.59 Å². The number of hydrogen-bond acceptors (Lipinski definition) is 4. The Kier molecular flexibility index (Phi) is 3.61. The van der Waals surface area contributed by atoms with E-state index in [4.69, 9.17) is 8.83 Å². The zero-order valence-corrected chi connectivity index (χ0v) is 13.5. The third-order valence-corrected chi connectivity index (χ3v) is 4.20. The van der Waals surface area contributed by atoms with E-state index < -0.39 is 5.91 Å². The lowest BCUT2D eigenvalue weighted by molar-refractivity contribution is 0.0923. The first-order valence-corrected chi connectivity index (χ1v) is 7.91. The van der Waals surface area contributed by atoms with Gasteiger partial charge < -0.3 is 14.2 Å². The summed E-state index contributed by atoms with van der Waals surface area (Å²) in [4.78, 5) is 24.9. The van der Waals surface area contributed by atoms with Gasteiger partial charge in [0, 0.05) is 12.6 Å². The van der Waals surface area contributed by atoms with E-state index in [1.54, 1.807) is 24.3 Å². The summed E-state index contributed by atoms with van der Waals surface area (Å²) in [5, 5.41) is 3.53. The van der Waals surface area contributed by atoms with Crippen LogP contribution in [0.5, 0.6) is 0 Å². The van der Waals surface area contributed by atoms with Crippen molar-refractivity contribution in [2.45, 2.75) is 13.5 Å². The van der Waals surface area contributed by atoms with E-state index in [9.17, 15) is 9.59 Å². The number of amides is 1. The quantitative estimate of drug-likeness (QED) is 0.619. The second kappa shape index (κ2) is 5.94. The lowest BCUT2D eigenvalue weighted by Crippen LogP contribution is -2.22. The topological polar surface area (TPSA) is 72.5 Å². The highest BCUT2D eigenvalue weighted by Crippen LogP contribution is 2.21. The van der Waals surface area contributed by atoms with Crippen molar-refractivity contribution in [3.05, 3.63) is 81.7 Å². The first kappa shape index (κ1) is 15.2. The Balaban J connectivity index is 1.66. The molecule has 25 heavy (non-hydrogen) atoms. The number of carbonyl (C=O) groups is 1. The molecule has 1 N–H and O–H groups in total. The fourth-order valence-electron chi connectivity index (χ4n) is 2.78. The molecule has 0 aliphatic rings. The largest absolute Gasteiger partial charge is 0.425 e. The second-order valence-electron chi connectivity index (χ2n) is 5.85. The molecule has 124 valence electrons. The number of carbonyl (C=O) groups excluding carboxylic acids is 1. The van der Waals surface area contributed by atoms with Gasteiger partial charge >= 0.3 is 5.78 Å². The summed E-state index contributed by atoms with van der Waals surface area (Å²) < 4.78 is 11.1. The zero-order chi connectivity index (χ0) is 17.4. The number of benzene rings is 2. The molecule has 2 aromatic carbocycles. The minimum atomic E-state index is -0.391. The van der Waals surface area contributed by atoms with Crippen molar-refractivity contribution < 1.29 is 13.6 Å². The Bertz CT molecular complexity index is 1150. The van der Waals surface area contributed by atoms with Crippen molar-refractivity contribution in [2.75, 3.05) is 0 Å². The Morgan fingerprint density at radius 1 is 1.00 bits per heavy atom. The minimum absolute atomic E-state index is 0.0553. The number of aryl methyl sites for hydroxylation is 1. The predicted molar refractivity (Wildman–Crippen MR) is 94.6 cm³/mol. The van der Waals surface area contributed by atoms with Crippen molar-refractivity contribution in [3.8, 4) is 0 Å². The van der Waals surface area contributed by atoms with Crippen LogP contribution >= 0.6 is 0 Å². The number of para-hydroxylation sites is 1. The van der Waals surface area contributed by atoms with Crippen molar-refractivity contribution in [3.63, 3.8) is 0 Å². The monoisotopic (exact) mass is 333 g/mol. The number of hydrogen-bond donors (Lipinski definition) is 1. The van der Waals surface area contributed by atoms with Gasteiger partial charge in [0.05, 0.1) is 5.39 Å². The third-order valence-electron chi connectivity index (χ3n) is 4.20. The summed E-state index contributed by atoms with van der Waals surface area (Å²) in [6.07, 6.45) is 0. The van der Waals surface area contributed by atoms with E-state index in [-0.39, 0.29) is 22.4 Å². The number of fused-ring (bicyclic) bond motifs is 2. The summed E-state index contributed by atoms with van der Waals surface area (Å²) in [6, 6.07) is 16.1. The molecule has 2 heterocycles. The summed E-state index contributed by atoms with van der Waals surface area (Å²) in [6.45, 7) is 2.36. The average molecular weight is 333 g/mol. The van der Waals surface area contributed by atoms with Crippen LogP contribution in [-0.4, -0.2) is 5.91 Å². The van der Waals surface area contributed by atoms with Crippen LogP contribution in [0.2, 0.25) is 0 Å². The third kappa shape index (κ3) is 2.70. The van der Waals surface area contributed by atoms with Crippen LogP contribution in [0.4, 0.5) is 0 Å². The highest BCUT2D eigenvalue weighted by Gasteiger charge is 2.17. The highest BCUT2D eigenvalue weighted by molar-refractivity contribution is 5.97. The SMILES string of the molecule is Cc1ccccc1CNC(=O)c1cc2c(=O)c3ccccc3oc2o1. The van der Waals surface area contributed by atoms with Gasteiger partial charge in [0.2, 0.25) is 5.43 Å². The lowest BCUT2D eigenvalue weighted by Gasteiger charge is -2.06. The van der Waals surface area contributed by atoms with E-state index >= 15 is 0 Å². The first-order valence-electron chi connectivity index (χ1n) is 7.91. The van der Waals surface area contributed by atoms with E-state index in [2.05, 4.69) is 5.32 Å². The Hall–Kier alpha value is -3.34. The molecular formula is C20H15NO4. The van der Waals surface area contributed by atoms with Gasteiger partial charge in [-0.15, -0.1) is 0 Å². The molecule has 0 aliphatic heterocycles. The van der Waals surface area contributed by atoms with Crippen LogP contribution in [-0.2, 0) is 6.54 Å². The molecule has 0 radical (unpaired) electrons. The van der Waals surface area contributed by atoms with Gasteiger partial charge in [0.15, 0.2) is 5.76 Å². The maximum absolute atomic E-state index is 12.5. The molecule has 0 atom stereocenters. The summed E-state index contributed by atoms with van der Waals surface area (Å²) in [7, 11) is 0. The van der Waals surface area contributed by atoms with Gasteiger partial charge in [0.25, 0.3) is 5.91 Å². The Labute approximate surface area is 142 Å². The molecule has 0 fully saturated rings. The fraction of sp³-hybridized carbons (Fsp3) is 0.100. The minimum Gasteiger partial charge on any atom is -0.425 e. The normalized spacial score (nSPS) is 11.1. The summed E-state index contributed by atoms with van der Waals surface area (Å²) in [5.41, 5.74) is 2.34. The smallest absolute Gasteiger partial charge is 0.302 e. The molecule has 0 saturated heterocycles. The predicted octanol–water partition coefficient (Wildman–Crippen LogP) is 3.78. The highest BCUT2D eigenvalue weighted by atomic mass is 16.5. The molecule has 4 rings (SSSR count). The van der Waals surface area contributed by atoms with Crippen molar-refractivity contribution in [1.29, 1.82) is 0 Å². The zero-order valence-electron chi connectivity index (χ0n) is 13.5. The lowest BCUT2D eigenvalue weighted by atomic mass is 10.1. The molecule has 2 aromatic heterocycles. The fourth-order valence-corrected chi connectivity index (χ4v) is 2.78. The second-order valence-corrected chi connectivity index (χ2v) is 5.85. The number of nitrogens with one attached hydrogen (secondary N) is 1. The molecule has 1 amide bonds. The van der Waals surface area contributed by atoms with E-state index in [0.29, 0.717) is 17.5 Å². The Morgan fingerprint density at radius 3 is 2.60 bits per heavy atom. The molecule has 5 nitrogen and oxygen atoms in total. The number of rotatable bonds is 3. The molecular weight excluding hydrogens is 318 g/mol. The van der Waals surface area contributed by atoms with Gasteiger partial charge in [-0.1, -0.05) is 36.4 Å². The molecule has 0 saturated carbocycles. The van der Waals surface area contributed by atoms with Gasteiger partial charge in [-0.25, -0.2) is 0 Å². The van der Waals surface area contributed by atoms with Crippen molar-refractivity contribution in [2.24, 2.45) is 0 Å². The van der Waals surface area contributed by atoms with E-state index in [1.165, 1.54) is 6.07 Å². The van der Waals surface area contributed by atoms with Crippen LogP contribution in [0.15, 0.2) is 68.2 Å². The van der Waals surface area contributed by atoms with Crippen LogP contribution in [0.3, 0.4) is 0 Å². The van der Waals surface area contributed by atoms with Crippen LogP contribution in [0.1, 0.15) is 21.7 Å². The maximum Gasteiger partial charge on any atom is 0.302 e. The Morgan fingerprint density at radius 2 is 1.76 bits per heavy atom. The first-order chi connectivity index (χ1) is 12.1. The van der Waals surface area contributed by atoms with Crippen LogP contribution in [0.25, 0.3) is 22.1 Å². The standard InChI is InChI=1S/C20H15NO4/c1-12-6-2-3-7-13(12)11-21-19(23)17-10-15-18(22)14-8-4-5-9-16(14)24-20(15)25-17/h2-10H,11H2,1H3,(H,21,23). The maximum atomic E-state index is 12.5.